The van der Waals surface area contributed by atoms with Gasteiger partial charge in [0.2, 0.25) is 0 Å². The van der Waals surface area contributed by atoms with Gasteiger partial charge in [0, 0.05) is 16.8 Å². The predicted octanol–water partition coefficient (Wildman–Crippen LogP) is 12.1. The van der Waals surface area contributed by atoms with E-state index in [9.17, 15) is 0 Å². The van der Waals surface area contributed by atoms with Crippen LogP contribution < -0.4 is 4.90 Å². The predicted molar refractivity (Wildman–Crippen MR) is 188 cm³/mol. The minimum absolute atomic E-state index is 0.0845. The van der Waals surface area contributed by atoms with Crippen LogP contribution in [0.5, 0.6) is 0 Å². The highest BCUT2D eigenvalue weighted by molar-refractivity contribution is 5.92. The Bertz CT molecular complexity index is 1940. The van der Waals surface area contributed by atoms with Gasteiger partial charge < -0.3 is 4.90 Å². The number of nitrogens with zero attached hydrogens (tertiary/aromatic N) is 1. The lowest BCUT2D eigenvalue weighted by Crippen LogP contribution is -2.23. The second-order valence-electron chi connectivity index (χ2n) is 13.5. The summed E-state index contributed by atoms with van der Waals surface area (Å²) in [5.74, 6) is 0. The summed E-state index contributed by atoms with van der Waals surface area (Å²) in [6.45, 7) is 11.7. The third-order valence-corrected chi connectivity index (χ3v) is 9.18. The maximum Gasteiger partial charge on any atom is 0.0508 e. The number of anilines is 3. The van der Waals surface area contributed by atoms with Crippen LogP contribution >= 0.6 is 0 Å². The minimum Gasteiger partial charge on any atom is -0.310 e. The SMILES string of the molecule is CC(C)(C)c1cc(-c2ccccc2)ccc1N(c1ccc(-c2ccccc2)cc1)c1cccc2c1C(C)(C)c1ccccc1-2. The van der Waals surface area contributed by atoms with E-state index in [1.54, 1.807) is 0 Å². The maximum absolute atomic E-state index is 2.51. The molecule has 0 bridgehead atoms. The molecule has 0 fully saturated rings. The summed E-state index contributed by atoms with van der Waals surface area (Å²) >= 11 is 0. The molecule has 6 aromatic rings. The average Bonchev–Trinajstić information content (AvgIpc) is 3.29. The normalized spacial score (nSPS) is 13.3. The van der Waals surface area contributed by atoms with Gasteiger partial charge in [-0.15, -0.1) is 0 Å². The van der Waals surface area contributed by atoms with Gasteiger partial charge in [0.05, 0.1) is 5.69 Å². The summed E-state index contributed by atoms with van der Waals surface area (Å²) in [5.41, 5.74) is 15.0. The van der Waals surface area contributed by atoms with Gasteiger partial charge in [0.15, 0.2) is 0 Å². The smallest absolute Gasteiger partial charge is 0.0508 e. The zero-order valence-electron chi connectivity index (χ0n) is 26.3. The van der Waals surface area contributed by atoms with Gasteiger partial charge in [-0.2, -0.15) is 0 Å². The Morgan fingerprint density at radius 1 is 0.477 bits per heavy atom. The van der Waals surface area contributed by atoms with Crippen molar-refractivity contribution in [2.75, 3.05) is 4.90 Å². The third-order valence-electron chi connectivity index (χ3n) is 9.18. The molecule has 0 saturated heterocycles. The zero-order valence-corrected chi connectivity index (χ0v) is 26.3. The van der Waals surface area contributed by atoms with E-state index in [2.05, 4.69) is 185 Å². The summed E-state index contributed by atoms with van der Waals surface area (Å²) in [7, 11) is 0. The number of benzene rings is 6. The molecule has 1 heteroatoms. The van der Waals surface area contributed by atoms with Crippen molar-refractivity contribution in [2.45, 2.75) is 45.4 Å². The Hall–Kier alpha value is -4.88. The Kier molecular flexibility index (Phi) is 6.78. The molecule has 0 aromatic heterocycles. The Morgan fingerprint density at radius 3 is 1.68 bits per heavy atom. The molecular formula is C43H39N. The van der Waals surface area contributed by atoms with Crippen molar-refractivity contribution in [3.63, 3.8) is 0 Å². The van der Waals surface area contributed by atoms with Crippen molar-refractivity contribution in [3.05, 3.63) is 162 Å². The van der Waals surface area contributed by atoms with E-state index >= 15 is 0 Å². The second kappa shape index (κ2) is 10.7. The summed E-state index contributed by atoms with van der Waals surface area (Å²) in [6.07, 6.45) is 0. The summed E-state index contributed by atoms with van der Waals surface area (Å²) in [4.78, 5) is 2.51. The molecule has 6 aromatic carbocycles. The average molecular weight is 570 g/mol. The van der Waals surface area contributed by atoms with E-state index in [1.165, 1.54) is 61.4 Å². The van der Waals surface area contributed by atoms with Gasteiger partial charge in [-0.25, -0.2) is 0 Å². The van der Waals surface area contributed by atoms with E-state index in [1.807, 2.05) is 0 Å². The largest absolute Gasteiger partial charge is 0.310 e. The van der Waals surface area contributed by atoms with Gasteiger partial charge in [-0.1, -0.05) is 150 Å². The van der Waals surface area contributed by atoms with Crippen molar-refractivity contribution in [1.82, 2.24) is 0 Å². The fourth-order valence-electron chi connectivity index (χ4n) is 6.99. The van der Waals surface area contributed by atoms with Gasteiger partial charge in [0.1, 0.15) is 0 Å². The lowest BCUT2D eigenvalue weighted by Gasteiger charge is -2.36. The molecule has 216 valence electrons. The molecule has 0 radical (unpaired) electrons. The van der Waals surface area contributed by atoms with Crippen LogP contribution in [0.4, 0.5) is 17.1 Å². The second-order valence-corrected chi connectivity index (χ2v) is 13.5. The van der Waals surface area contributed by atoms with Crippen molar-refractivity contribution in [3.8, 4) is 33.4 Å². The van der Waals surface area contributed by atoms with Crippen molar-refractivity contribution in [2.24, 2.45) is 0 Å². The highest BCUT2D eigenvalue weighted by Crippen LogP contribution is 2.55. The standard InChI is InChI=1S/C43H39N/c1-42(2,3)38-29-33(31-17-10-7-11-18-31)25-28-39(38)44(34-26-23-32(24-27-34)30-15-8-6-9-16-30)40-22-14-20-36-35-19-12-13-21-37(35)43(4,5)41(36)40/h6-29H,1-5H3. The Balaban J connectivity index is 1.48. The summed E-state index contributed by atoms with van der Waals surface area (Å²) in [6, 6.07) is 53.2. The molecule has 1 aliphatic carbocycles. The van der Waals surface area contributed by atoms with Gasteiger partial charge in [-0.3, -0.25) is 0 Å². The molecule has 0 saturated carbocycles. The van der Waals surface area contributed by atoms with E-state index in [4.69, 9.17) is 0 Å². The highest BCUT2D eigenvalue weighted by atomic mass is 15.1. The van der Waals surface area contributed by atoms with E-state index in [-0.39, 0.29) is 10.8 Å². The van der Waals surface area contributed by atoms with Crippen LogP contribution in [0.2, 0.25) is 0 Å². The molecule has 7 rings (SSSR count). The van der Waals surface area contributed by atoms with E-state index < -0.39 is 0 Å². The number of hydrogen-bond donors (Lipinski definition) is 0. The molecule has 0 unspecified atom stereocenters. The lowest BCUT2D eigenvalue weighted by atomic mass is 9.80. The van der Waals surface area contributed by atoms with E-state index in [0.717, 1.165) is 5.69 Å². The molecule has 0 spiro atoms. The maximum atomic E-state index is 2.51. The van der Waals surface area contributed by atoms with E-state index in [0.29, 0.717) is 0 Å². The van der Waals surface area contributed by atoms with Gasteiger partial charge in [0.25, 0.3) is 0 Å². The van der Waals surface area contributed by atoms with Crippen LogP contribution in [0.3, 0.4) is 0 Å². The molecule has 44 heavy (non-hydrogen) atoms. The first kappa shape index (κ1) is 27.9. The van der Waals surface area contributed by atoms with Crippen molar-refractivity contribution in [1.29, 1.82) is 0 Å². The van der Waals surface area contributed by atoms with Crippen LogP contribution in [0.15, 0.2) is 146 Å². The number of hydrogen-bond acceptors (Lipinski definition) is 1. The fourth-order valence-corrected chi connectivity index (χ4v) is 6.99. The van der Waals surface area contributed by atoms with Crippen molar-refractivity contribution < 1.29 is 0 Å². The van der Waals surface area contributed by atoms with Gasteiger partial charge >= 0.3 is 0 Å². The van der Waals surface area contributed by atoms with Crippen molar-refractivity contribution >= 4 is 17.1 Å². The Morgan fingerprint density at radius 2 is 1.02 bits per heavy atom. The quantitative estimate of drug-likeness (QED) is 0.200. The molecule has 0 N–H and O–H groups in total. The molecule has 1 aliphatic rings. The molecule has 0 amide bonds. The number of rotatable bonds is 5. The molecule has 0 heterocycles. The van der Waals surface area contributed by atoms with Crippen LogP contribution in [0.25, 0.3) is 33.4 Å². The first-order valence-corrected chi connectivity index (χ1v) is 15.6. The lowest BCUT2D eigenvalue weighted by molar-refractivity contribution is 0.591. The summed E-state index contributed by atoms with van der Waals surface area (Å²) in [5, 5.41) is 0. The molecule has 0 atom stereocenters. The van der Waals surface area contributed by atoms with Crippen LogP contribution in [-0.2, 0) is 10.8 Å². The first-order chi connectivity index (χ1) is 21.2. The molecule has 0 aliphatic heterocycles. The van der Waals surface area contributed by atoms with Crippen LogP contribution in [-0.4, -0.2) is 0 Å². The number of fused-ring (bicyclic) bond motifs is 3. The first-order valence-electron chi connectivity index (χ1n) is 15.6. The van der Waals surface area contributed by atoms with Crippen LogP contribution in [0, 0.1) is 0 Å². The monoisotopic (exact) mass is 569 g/mol. The molecular weight excluding hydrogens is 530 g/mol. The summed E-state index contributed by atoms with van der Waals surface area (Å²) < 4.78 is 0. The molecule has 1 nitrogen and oxygen atoms in total. The highest BCUT2D eigenvalue weighted by Gasteiger charge is 2.39. The topological polar surface area (TPSA) is 3.24 Å². The minimum atomic E-state index is -0.142. The zero-order chi connectivity index (χ0) is 30.5. The Labute approximate surface area is 262 Å². The third kappa shape index (κ3) is 4.74. The van der Waals surface area contributed by atoms with Crippen LogP contribution in [0.1, 0.15) is 51.3 Å². The fraction of sp³-hybridized carbons (Fsp3) is 0.163. The van der Waals surface area contributed by atoms with Gasteiger partial charge in [-0.05, 0) is 85.8 Å².